The van der Waals surface area contributed by atoms with E-state index in [0.29, 0.717) is 5.92 Å². The predicted octanol–water partition coefficient (Wildman–Crippen LogP) is 1.88. The number of pyridine rings is 1. The van der Waals surface area contributed by atoms with Crippen molar-refractivity contribution in [3.05, 3.63) is 54.5 Å². The van der Waals surface area contributed by atoms with Gasteiger partial charge in [0.2, 0.25) is 0 Å². The van der Waals surface area contributed by atoms with Crippen molar-refractivity contribution in [3.63, 3.8) is 0 Å². The van der Waals surface area contributed by atoms with Gasteiger partial charge in [0.05, 0.1) is 0 Å². The molecule has 108 valence electrons. The minimum Gasteiger partial charge on any atom is -0.335 e. The van der Waals surface area contributed by atoms with Gasteiger partial charge in [0.15, 0.2) is 0 Å². The summed E-state index contributed by atoms with van der Waals surface area (Å²) in [5.74, 6) is 1.92. The standard InChI is InChI=1S/C16H19N5/c1-2-14(21-9-7-19-16(21)3-1)11-17-10-13-4-5-15-18-6-8-20(15)12-13/h1-3,6-9,13,17H,4-5,10-12H2/t13-/m0/s1. The first-order valence-corrected chi connectivity index (χ1v) is 7.52. The molecule has 0 bridgehead atoms. The van der Waals surface area contributed by atoms with Crippen molar-refractivity contribution >= 4 is 5.65 Å². The molecule has 4 heterocycles. The second-order valence-electron chi connectivity index (χ2n) is 5.70. The Morgan fingerprint density at radius 1 is 1.19 bits per heavy atom. The van der Waals surface area contributed by atoms with Gasteiger partial charge in [-0.25, -0.2) is 9.97 Å². The maximum absolute atomic E-state index is 4.38. The second-order valence-corrected chi connectivity index (χ2v) is 5.70. The molecule has 0 saturated heterocycles. The molecule has 0 fully saturated rings. The molecule has 5 heteroatoms. The van der Waals surface area contributed by atoms with Crippen LogP contribution in [0.25, 0.3) is 5.65 Å². The number of rotatable bonds is 4. The molecule has 1 atom stereocenters. The van der Waals surface area contributed by atoms with Crippen LogP contribution < -0.4 is 5.32 Å². The predicted molar refractivity (Wildman–Crippen MR) is 80.9 cm³/mol. The summed E-state index contributed by atoms with van der Waals surface area (Å²) in [4.78, 5) is 8.70. The van der Waals surface area contributed by atoms with Crippen LogP contribution in [-0.2, 0) is 19.5 Å². The SMILES string of the molecule is c1cc(CNC[C@@H]2CCc3nccn3C2)n2ccnc2c1. The molecular formula is C16H19N5. The maximum atomic E-state index is 4.38. The number of imidazole rings is 2. The zero-order valence-electron chi connectivity index (χ0n) is 11.9. The van der Waals surface area contributed by atoms with Crippen molar-refractivity contribution in [2.75, 3.05) is 6.54 Å². The van der Waals surface area contributed by atoms with E-state index in [4.69, 9.17) is 0 Å². The smallest absolute Gasteiger partial charge is 0.136 e. The fourth-order valence-electron chi connectivity index (χ4n) is 3.16. The fourth-order valence-corrected chi connectivity index (χ4v) is 3.16. The summed E-state index contributed by atoms with van der Waals surface area (Å²) in [6.45, 7) is 3.00. The molecule has 0 aromatic carbocycles. The number of nitrogens with zero attached hydrogens (tertiary/aromatic N) is 4. The third-order valence-corrected chi connectivity index (χ3v) is 4.28. The van der Waals surface area contributed by atoms with Crippen molar-refractivity contribution < 1.29 is 0 Å². The van der Waals surface area contributed by atoms with Crippen LogP contribution in [0.2, 0.25) is 0 Å². The van der Waals surface area contributed by atoms with Gasteiger partial charge in [-0.05, 0) is 24.5 Å². The number of hydrogen-bond acceptors (Lipinski definition) is 3. The zero-order valence-corrected chi connectivity index (χ0v) is 11.9. The maximum Gasteiger partial charge on any atom is 0.136 e. The summed E-state index contributed by atoms with van der Waals surface area (Å²) in [6.07, 6.45) is 10.2. The molecular weight excluding hydrogens is 262 g/mol. The Labute approximate surface area is 123 Å². The molecule has 4 rings (SSSR count). The Morgan fingerprint density at radius 3 is 3.14 bits per heavy atom. The second kappa shape index (κ2) is 5.33. The molecule has 1 aliphatic rings. The zero-order chi connectivity index (χ0) is 14.1. The number of fused-ring (bicyclic) bond motifs is 2. The Bertz CT molecular complexity index is 742. The molecule has 3 aromatic heterocycles. The lowest BCUT2D eigenvalue weighted by Gasteiger charge is -2.24. The van der Waals surface area contributed by atoms with Crippen molar-refractivity contribution in [3.8, 4) is 0 Å². The quantitative estimate of drug-likeness (QED) is 0.794. The van der Waals surface area contributed by atoms with Gasteiger partial charge in [-0.2, -0.15) is 0 Å². The fraction of sp³-hybridized carbons (Fsp3) is 0.375. The van der Waals surface area contributed by atoms with Crippen LogP contribution in [0.3, 0.4) is 0 Å². The van der Waals surface area contributed by atoms with Crippen molar-refractivity contribution in [2.45, 2.75) is 25.9 Å². The van der Waals surface area contributed by atoms with E-state index in [-0.39, 0.29) is 0 Å². The van der Waals surface area contributed by atoms with Gasteiger partial charge in [-0.1, -0.05) is 6.07 Å². The van der Waals surface area contributed by atoms with Gasteiger partial charge in [0.1, 0.15) is 11.5 Å². The molecule has 21 heavy (non-hydrogen) atoms. The molecule has 0 amide bonds. The van der Waals surface area contributed by atoms with Gasteiger partial charge in [0.25, 0.3) is 0 Å². The molecule has 0 radical (unpaired) electrons. The first-order valence-electron chi connectivity index (χ1n) is 7.52. The highest BCUT2D eigenvalue weighted by Crippen LogP contribution is 2.18. The summed E-state index contributed by atoms with van der Waals surface area (Å²) < 4.78 is 4.42. The molecule has 5 nitrogen and oxygen atoms in total. The van der Waals surface area contributed by atoms with Crippen LogP contribution in [0.5, 0.6) is 0 Å². The summed E-state index contributed by atoms with van der Waals surface area (Å²) in [7, 11) is 0. The van der Waals surface area contributed by atoms with Crippen molar-refractivity contribution in [1.29, 1.82) is 0 Å². The third kappa shape index (κ3) is 2.45. The molecule has 0 saturated carbocycles. The first kappa shape index (κ1) is 12.6. The summed E-state index contributed by atoms with van der Waals surface area (Å²) >= 11 is 0. The average molecular weight is 281 g/mol. The van der Waals surface area contributed by atoms with Crippen LogP contribution in [0.15, 0.2) is 43.0 Å². The number of aromatic nitrogens is 4. The molecule has 0 unspecified atom stereocenters. The molecule has 0 spiro atoms. The van der Waals surface area contributed by atoms with Gasteiger partial charge in [-0.15, -0.1) is 0 Å². The number of nitrogens with one attached hydrogen (secondary N) is 1. The van der Waals surface area contributed by atoms with E-state index < -0.39 is 0 Å². The van der Waals surface area contributed by atoms with E-state index in [0.717, 1.165) is 31.7 Å². The Hall–Kier alpha value is -2.14. The largest absolute Gasteiger partial charge is 0.335 e. The average Bonchev–Trinajstić information content (AvgIpc) is 3.15. The lowest BCUT2D eigenvalue weighted by Crippen LogP contribution is -2.30. The Kier molecular flexibility index (Phi) is 3.20. The summed E-state index contributed by atoms with van der Waals surface area (Å²) in [5.41, 5.74) is 2.26. The van der Waals surface area contributed by atoms with Gasteiger partial charge < -0.3 is 14.3 Å². The van der Waals surface area contributed by atoms with Crippen LogP contribution in [0.4, 0.5) is 0 Å². The highest BCUT2D eigenvalue weighted by Gasteiger charge is 2.18. The Balaban J connectivity index is 1.37. The Morgan fingerprint density at radius 2 is 2.14 bits per heavy atom. The molecule has 1 N–H and O–H groups in total. The van der Waals surface area contributed by atoms with E-state index in [1.54, 1.807) is 0 Å². The lowest BCUT2D eigenvalue weighted by molar-refractivity contribution is 0.347. The summed E-state index contributed by atoms with van der Waals surface area (Å²) in [6, 6.07) is 6.25. The molecule has 1 aliphatic heterocycles. The van der Waals surface area contributed by atoms with Crippen molar-refractivity contribution in [2.24, 2.45) is 5.92 Å². The van der Waals surface area contributed by atoms with Gasteiger partial charge in [-0.3, -0.25) is 0 Å². The van der Waals surface area contributed by atoms with Crippen LogP contribution >= 0.6 is 0 Å². The van der Waals surface area contributed by atoms with E-state index in [9.17, 15) is 0 Å². The highest BCUT2D eigenvalue weighted by molar-refractivity contribution is 5.39. The van der Waals surface area contributed by atoms with Crippen molar-refractivity contribution in [1.82, 2.24) is 24.3 Å². The molecule has 3 aromatic rings. The van der Waals surface area contributed by atoms with E-state index in [2.05, 4.69) is 42.6 Å². The number of hydrogen-bond donors (Lipinski definition) is 1. The summed E-state index contributed by atoms with van der Waals surface area (Å²) in [5, 5.41) is 3.59. The van der Waals surface area contributed by atoms with E-state index >= 15 is 0 Å². The number of aryl methyl sites for hydroxylation is 1. The normalized spacial score (nSPS) is 18.0. The van der Waals surface area contributed by atoms with Crippen LogP contribution in [0.1, 0.15) is 17.9 Å². The van der Waals surface area contributed by atoms with Gasteiger partial charge >= 0.3 is 0 Å². The molecule has 0 aliphatic carbocycles. The lowest BCUT2D eigenvalue weighted by atomic mass is 9.99. The third-order valence-electron chi connectivity index (χ3n) is 4.28. The van der Waals surface area contributed by atoms with Crippen LogP contribution in [-0.4, -0.2) is 25.5 Å². The first-order chi connectivity index (χ1) is 10.4. The minimum atomic E-state index is 0.689. The minimum absolute atomic E-state index is 0.689. The highest BCUT2D eigenvalue weighted by atomic mass is 15.1. The van der Waals surface area contributed by atoms with Gasteiger partial charge in [0, 0.05) is 56.5 Å². The van der Waals surface area contributed by atoms with E-state index in [1.165, 1.54) is 17.9 Å². The topological polar surface area (TPSA) is 47.2 Å². The monoisotopic (exact) mass is 281 g/mol. The van der Waals surface area contributed by atoms with E-state index in [1.807, 2.05) is 24.7 Å². The van der Waals surface area contributed by atoms with Crippen LogP contribution in [0, 0.1) is 5.92 Å².